The molecule has 3 nitrogen and oxygen atoms in total. The first-order valence-electron chi connectivity index (χ1n) is 5.92. The highest BCUT2D eigenvalue weighted by atomic mass is 16.7. The summed E-state index contributed by atoms with van der Waals surface area (Å²) in [5, 5.41) is 0. The minimum Gasteiger partial charge on any atom is -0.375 e. The predicted octanol–water partition coefficient (Wildman–Crippen LogP) is 2.98. The maximum Gasteiger partial charge on any atom is 0.159 e. The fraction of sp³-hybridized carbons (Fsp3) is 1.00. The van der Waals surface area contributed by atoms with Crippen molar-refractivity contribution < 1.29 is 14.2 Å². The van der Waals surface area contributed by atoms with E-state index in [-0.39, 0.29) is 11.9 Å². The summed E-state index contributed by atoms with van der Waals surface area (Å²) in [5.41, 5.74) is -0.0387. The summed E-state index contributed by atoms with van der Waals surface area (Å²) in [6.07, 6.45) is 1.69. The van der Waals surface area contributed by atoms with Crippen LogP contribution in [0, 0.1) is 0 Å². The van der Waals surface area contributed by atoms with Gasteiger partial charge in [0.2, 0.25) is 0 Å². The van der Waals surface area contributed by atoms with Crippen molar-refractivity contribution in [2.45, 2.75) is 59.4 Å². The van der Waals surface area contributed by atoms with Crippen LogP contribution in [0.3, 0.4) is 0 Å². The summed E-state index contributed by atoms with van der Waals surface area (Å²) in [4.78, 5) is 0. The lowest BCUT2D eigenvalue weighted by atomic mass is 10.1. The molecule has 0 fully saturated rings. The highest BCUT2D eigenvalue weighted by Gasteiger charge is 2.16. The summed E-state index contributed by atoms with van der Waals surface area (Å²) in [6, 6.07) is 0. The first kappa shape index (κ1) is 14.9. The van der Waals surface area contributed by atoms with Crippen molar-refractivity contribution in [3.8, 4) is 0 Å². The summed E-state index contributed by atoms with van der Waals surface area (Å²) in [5.74, 6) is 0. The number of hydrogen-bond donors (Lipinski definition) is 0. The van der Waals surface area contributed by atoms with Crippen LogP contribution in [0.5, 0.6) is 0 Å². The van der Waals surface area contributed by atoms with E-state index in [0.717, 1.165) is 12.8 Å². The Balaban J connectivity index is 3.69. The number of rotatable bonds is 9. The molecule has 0 aromatic carbocycles. The maximum absolute atomic E-state index is 5.74. The van der Waals surface area contributed by atoms with Gasteiger partial charge in [0.1, 0.15) is 0 Å². The van der Waals surface area contributed by atoms with E-state index in [9.17, 15) is 0 Å². The molecule has 0 aromatic rings. The second-order valence-electron chi connectivity index (χ2n) is 4.09. The monoisotopic (exact) mass is 218 g/mol. The van der Waals surface area contributed by atoms with Gasteiger partial charge in [0.15, 0.2) is 6.29 Å². The Bertz CT molecular complexity index is 140. The largest absolute Gasteiger partial charge is 0.375 e. The van der Waals surface area contributed by atoms with Crippen molar-refractivity contribution in [1.29, 1.82) is 0 Å². The zero-order chi connectivity index (χ0) is 11.7. The predicted molar refractivity (Wildman–Crippen MR) is 62.0 cm³/mol. The van der Waals surface area contributed by atoms with Gasteiger partial charge >= 0.3 is 0 Å². The van der Waals surface area contributed by atoms with Crippen molar-refractivity contribution in [3.05, 3.63) is 0 Å². The fourth-order valence-corrected chi connectivity index (χ4v) is 1.12. The van der Waals surface area contributed by atoms with Crippen LogP contribution in [-0.4, -0.2) is 31.7 Å². The lowest BCUT2D eigenvalue weighted by Gasteiger charge is -2.25. The van der Waals surface area contributed by atoms with Gasteiger partial charge in [-0.2, -0.15) is 0 Å². The van der Waals surface area contributed by atoms with Gasteiger partial charge in [-0.15, -0.1) is 0 Å². The van der Waals surface area contributed by atoms with Crippen LogP contribution in [0.4, 0.5) is 0 Å². The minimum atomic E-state index is -0.118. The van der Waals surface area contributed by atoms with Crippen molar-refractivity contribution in [1.82, 2.24) is 0 Å². The van der Waals surface area contributed by atoms with Gasteiger partial charge in [-0.1, -0.05) is 6.92 Å². The van der Waals surface area contributed by atoms with Crippen molar-refractivity contribution in [2.24, 2.45) is 0 Å². The molecular weight excluding hydrogens is 192 g/mol. The lowest BCUT2D eigenvalue weighted by molar-refractivity contribution is -0.154. The van der Waals surface area contributed by atoms with E-state index in [1.807, 2.05) is 13.8 Å². The van der Waals surface area contributed by atoms with Gasteiger partial charge < -0.3 is 14.2 Å². The first-order chi connectivity index (χ1) is 7.05. The van der Waals surface area contributed by atoms with Crippen molar-refractivity contribution in [2.75, 3.05) is 19.8 Å². The van der Waals surface area contributed by atoms with E-state index in [2.05, 4.69) is 20.8 Å². The van der Waals surface area contributed by atoms with Crippen LogP contribution < -0.4 is 0 Å². The second kappa shape index (κ2) is 8.08. The average Bonchev–Trinajstić information content (AvgIpc) is 2.18. The molecule has 0 aliphatic heterocycles. The van der Waals surface area contributed by atoms with Crippen molar-refractivity contribution >= 4 is 0 Å². The standard InChI is InChI=1S/C12H26O3/c1-6-12(4,5)15-10-9-11(13-7-2)14-8-3/h11H,6-10H2,1-5H3. The minimum absolute atomic E-state index is 0.0387. The Kier molecular flexibility index (Phi) is 8.02. The molecule has 0 rings (SSSR count). The van der Waals surface area contributed by atoms with Crippen LogP contribution in [-0.2, 0) is 14.2 Å². The molecular formula is C12H26O3. The van der Waals surface area contributed by atoms with E-state index < -0.39 is 0 Å². The van der Waals surface area contributed by atoms with E-state index in [0.29, 0.717) is 19.8 Å². The molecule has 0 bridgehead atoms. The SMILES string of the molecule is CCOC(CCOC(C)(C)CC)OCC. The molecule has 0 atom stereocenters. The quantitative estimate of drug-likeness (QED) is 0.557. The molecule has 0 aromatic heterocycles. The normalized spacial score (nSPS) is 12.4. The molecule has 3 heteroatoms. The molecule has 0 saturated heterocycles. The van der Waals surface area contributed by atoms with E-state index in [4.69, 9.17) is 14.2 Å². The molecule has 0 heterocycles. The summed E-state index contributed by atoms with van der Waals surface area (Å²) in [6.45, 7) is 12.3. The smallest absolute Gasteiger partial charge is 0.159 e. The molecule has 0 aliphatic carbocycles. The van der Waals surface area contributed by atoms with Gasteiger partial charge in [-0.25, -0.2) is 0 Å². The third-order valence-corrected chi connectivity index (χ3v) is 2.40. The Hall–Kier alpha value is -0.120. The Morgan fingerprint density at radius 2 is 1.53 bits per heavy atom. The van der Waals surface area contributed by atoms with E-state index in [1.165, 1.54) is 0 Å². The average molecular weight is 218 g/mol. The zero-order valence-electron chi connectivity index (χ0n) is 10.8. The number of ether oxygens (including phenoxy) is 3. The molecule has 15 heavy (non-hydrogen) atoms. The Morgan fingerprint density at radius 3 is 1.93 bits per heavy atom. The lowest BCUT2D eigenvalue weighted by Crippen LogP contribution is -2.27. The van der Waals surface area contributed by atoms with Gasteiger partial charge in [0.05, 0.1) is 12.2 Å². The second-order valence-corrected chi connectivity index (χ2v) is 4.09. The van der Waals surface area contributed by atoms with Crippen LogP contribution in [0.2, 0.25) is 0 Å². The fourth-order valence-electron chi connectivity index (χ4n) is 1.12. The van der Waals surface area contributed by atoms with Crippen LogP contribution in [0.15, 0.2) is 0 Å². The summed E-state index contributed by atoms with van der Waals surface area (Å²) in [7, 11) is 0. The molecule has 92 valence electrons. The molecule has 0 spiro atoms. The molecule has 0 N–H and O–H groups in total. The topological polar surface area (TPSA) is 27.7 Å². The van der Waals surface area contributed by atoms with Gasteiger partial charge in [0, 0.05) is 19.6 Å². The molecule has 0 amide bonds. The molecule has 0 unspecified atom stereocenters. The summed E-state index contributed by atoms with van der Waals surface area (Å²) < 4.78 is 16.6. The molecule has 0 aliphatic rings. The zero-order valence-corrected chi connectivity index (χ0v) is 10.8. The van der Waals surface area contributed by atoms with Crippen LogP contribution in [0.1, 0.15) is 47.5 Å². The third kappa shape index (κ3) is 7.77. The maximum atomic E-state index is 5.74. The Labute approximate surface area is 94.1 Å². The number of hydrogen-bond acceptors (Lipinski definition) is 3. The van der Waals surface area contributed by atoms with E-state index in [1.54, 1.807) is 0 Å². The molecule has 0 saturated carbocycles. The highest BCUT2D eigenvalue weighted by molar-refractivity contribution is 4.65. The van der Waals surface area contributed by atoms with E-state index >= 15 is 0 Å². The van der Waals surface area contributed by atoms with Crippen molar-refractivity contribution in [3.63, 3.8) is 0 Å². The van der Waals surface area contributed by atoms with Gasteiger partial charge in [-0.3, -0.25) is 0 Å². The van der Waals surface area contributed by atoms with Crippen LogP contribution >= 0.6 is 0 Å². The summed E-state index contributed by atoms with van der Waals surface area (Å²) >= 11 is 0. The van der Waals surface area contributed by atoms with Crippen LogP contribution in [0.25, 0.3) is 0 Å². The Morgan fingerprint density at radius 1 is 1.00 bits per heavy atom. The van der Waals surface area contributed by atoms with Gasteiger partial charge in [-0.05, 0) is 34.1 Å². The third-order valence-electron chi connectivity index (χ3n) is 2.40. The molecule has 0 radical (unpaired) electrons. The highest BCUT2D eigenvalue weighted by Crippen LogP contribution is 2.14. The first-order valence-corrected chi connectivity index (χ1v) is 5.92. The van der Waals surface area contributed by atoms with Gasteiger partial charge in [0.25, 0.3) is 0 Å².